The van der Waals surface area contributed by atoms with Gasteiger partial charge in [-0.15, -0.1) is 0 Å². The van der Waals surface area contributed by atoms with Crippen LogP contribution >= 0.6 is 0 Å². The molecule has 0 bridgehead atoms. The van der Waals surface area contributed by atoms with E-state index in [0.29, 0.717) is 19.0 Å². The number of hydrogen-bond acceptors (Lipinski definition) is 4. The van der Waals surface area contributed by atoms with Gasteiger partial charge in [0.1, 0.15) is 6.07 Å². The molecule has 0 aliphatic carbocycles. The maximum atomic E-state index is 12.9. The van der Waals surface area contributed by atoms with Gasteiger partial charge in [-0.25, -0.2) is 8.42 Å². The molecule has 3 rings (SSSR count). The number of nitrogens with zero attached hydrogens (tertiary/aromatic N) is 2. The van der Waals surface area contributed by atoms with Crippen LogP contribution in [0.5, 0.6) is 0 Å². The van der Waals surface area contributed by atoms with Crippen molar-refractivity contribution in [2.75, 3.05) is 19.6 Å². The van der Waals surface area contributed by atoms with Crippen LogP contribution in [0.3, 0.4) is 0 Å². The first kappa shape index (κ1) is 13.6. The van der Waals surface area contributed by atoms with Crippen LogP contribution in [-0.4, -0.2) is 38.4 Å². The normalized spacial score (nSPS) is 26.9. The first-order valence-electron chi connectivity index (χ1n) is 6.86. The molecular weight excluding hydrogens is 274 g/mol. The van der Waals surface area contributed by atoms with Crippen LogP contribution in [0.4, 0.5) is 0 Å². The molecule has 1 aromatic carbocycles. The van der Waals surface area contributed by atoms with Crippen molar-refractivity contribution < 1.29 is 8.42 Å². The minimum atomic E-state index is -3.59. The number of sulfonamides is 1. The molecule has 2 fully saturated rings. The zero-order valence-corrected chi connectivity index (χ0v) is 11.9. The molecule has 0 amide bonds. The summed E-state index contributed by atoms with van der Waals surface area (Å²) in [5, 5.41) is 12.4. The molecule has 2 unspecified atom stereocenters. The van der Waals surface area contributed by atoms with E-state index in [1.807, 2.05) is 6.07 Å². The van der Waals surface area contributed by atoms with Gasteiger partial charge in [-0.1, -0.05) is 12.1 Å². The fraction of sp³-hybridized carbons (Fsp3) is 0.500. The van der Waals surface area contributed by atoms with Gasteiger partial charge in [0.25, 0.3) is 0 Å². The summed E-state index contributed by atoms with van der Waals surface area (Å²) in [5.41, 5.74) is 0.223. The van der Waals surface area contributed by atoms with E-state index < -0.39 is 10.0 Å². The molecule has 2 saturated heterocycles. The summed E-state index contributed by atoms with van der Waals surface area (Å²) in [7, 11) is -3.59. The summed E-state index contributed by atoms with van der Waals surface area (Å²) in [4.78, 5) is 0.134. The molecule has 1 aromatic rings. The summed E-state index contributed by atoms with van der Waals surface area (Å²) in [6.07, 6.45) is 1.96. The average Bonchev–Trinajstić information content (AvgIpc) is 2.95. The van der Waals surface area contributed by atoms with Gasteiger partial charge in [-0.05, 0) is 37.4 Å². The lowest BCUT2D eigenvalue weighted by atomic mass is 9.94. The Morgan fingerprint density at radius 3 is 2.90 bits per heavy atom. The van der Waals surface area contributed by atoms with Gasteiger partial charge in [0.2, 0.25) is 10.0 Å². The van der Waals surface area contributed by atoms with Crippen molar-refractivity contribution in [3.05, 3.63) is 29.8 Å². The largest absolute Gasteiger partial charge is 0.315 e. The Morgan fingerprint density at radius 1 is 1.30 bits per heavy atom. The summed E-state index contributed by atoms with van der Waals surface area (Å²) in [6.45, 7) is 2.14. The third-order valence-electron chi connectivity index (χ3n) is 4.22. The molecule has 2 heterocycles. The highest BCUT2D eigenvalue weighted by Crippen LogP contribution is 2.32. The number of rotatable bonds is 2. The van der Waals surface area contributed by atoms with Gasteiger partial charge in [-0.2, -0.15) is 9.57 Å². The Labute approximate surface area is 119 Å². The number of benzene rings is 1. The van der Waals surface area contributed by atoms with Crippen LogP contribution < -0.4 is 5.32 Å². The topological polar surface area (TPSA) is 73.2 Å². The minimum absolute atomic E-state index is 0.0282. The monoisotopic (exact) mass is 291 g/mol. The SMILES string of the molecule is N#Cc1ccccc1S(=O)(=O)N1CCCC2CNCC21. The zero-order valence-electron chi connectivity index (χ0n) is 11.1. The molecular formula is C14H17N3O2S. The fourth-order valence-corrected chi connectivity index (χ4v) is 5.10. The summed E-state index contributed by atoms with van der Waals surface area (Å²) >= 11 is 0. The number of fused-ring (bicyclic) bond motifs is 1. The van der Waals surface area contributed by atoms with Crippen LogP contribution in [0, 0.1) is 17.2 Å². The van der Waals surface area contributed by atoms with E-state index in [2.05, 4.69) is 5.32 Å². The Bertz CT molecular complexity index is 651. The van der Waals surface area contributed by atoms with Gasteiger partial charge >= 0.3 is 0 Å². The Balaban J connectivity index is 2.01. The number of hydrogen-bond donors (Lipinski definition) is 1. The second-order valence-corrected chi connectivity index (χ2v) is 7.21. The van der Waals surface area contributed by atoms with Crippen molar-refractivity contribution in [3.8, 4) is 6.07 Å². The number of nitriles is 1. The van der Waals surface area contributed by atoms with Crippen LogP contribution in [0.1, 0.15) is 18.4 Å². The maximum absolute atomic E-state index is 12.9. The van der Waals surface area contributed by atoms with E-state index >= 15 is 0 Å². The summed E-state index contributed by atoms with van der Waals surface area (Å²) in [5.74, 6) is 0.396. The van der Waals surface area contributed by atoms with E-state index in [-0.39, 0.29) is 16.5 Å². The lowest BCUT2D eigenvalue weighted by molar-refractivity contribution is 0.217. The van der Waals surface area contributed by atoms with Gasteiger partial charge in [0.15, 0.2) is 0 Å². The molecule has 0 spiro atoms. The Kier molecular flexibility index (Phi) is 3.50. The van der Waals surface area contributed by atoms with Crippen molar-refractivity contribution in [1.29, 1.82) is 5.26 Å². The molecule has 0 aromatic heterocycles. The first-order chi connectivity index (χ1) is 9.64. The number of piperidine rings is 1. The van der Waals surface area contributed by atoms with Gasteiger partial charge in [-0.3, -0.25) is 0 Å². The Morgan fingerprint density at radius 2 is 2.10 bits per heavy atom. The van der Waals surface area contributed by atoms with Crippen molar-refractivity contribution in [2.45, 2.75) is 23.8 Å². The van der Waals surface area contributed by atoms with E-state index in [0.717, 1.165) is 19.4 Å². The summed E-state index contributed by atoms with van der Waals surface area (Å²) < 4.78 is 27.3. The highest BCUT2D eigenvalue weighted by molar-refractivity contribution is 7.89. The van der Waals surface area contributed by atoms with Crippen molar-refractivity contribution in [2.24, 2.45) is 5.92 Å². The van der Waals surface area contributed by atoms with E-state index in [4.69, 9.17) is 5.26 Å². The molecule has 20 heavy (non-hydrogen) atoms. The molecule has 2 aliphatic heterocycles. The quantitative estimate of drug-likeness (QED) is 0.880. The zero-order chi connectivity index (χ0) is 14.2. The molecule has 2 atom stereocenters. The van der Waals surface area contributed by atoms with Crippen LogP contribution in [-0.2, 0) is 10.0 Å². The first-order valence-corrected chi connectivity index (χ1v) is 8.30. The molecule has 106 valence electrons. The summed E-state index contributed by atoms with van der Waals surface area (Å²) in [6, 6.07) is 8.45. The molecule has 2 aliphatic rings. The van der Waals surface area contributed by atoms with Crippen LogP contribution in [0.25, 0.3) is 0 Å². The van der Waals surface area contributed by atoms with Crippen LogP contribution in [0.15, 0.2) is 29.2 Å². The predicted molar refractivity (Wildman–Crippen MR) is 74.4 cm³/mol. The lowest BCUT2D eigenvalue weighted by Crippen LogP contribution is -2.48. The Hall–Kier alpha value is -1.42. The highest BCUT2D eigenvalue weighted by atomic mass is 32.2. The smallest absolute Gasteiger partial charge is 0.244 e. The molecule has 5 nitrogen and oxygen atoms in total. The molecule has 1 N–H and O–H groups in total. The van der Waals surface area contributed by atoms with Crippen LogP contribution in [0.2, 0.25) is 0 Å². The minimum Gasteiger partial charge on any atom is -0.315 e. The fourth-order valence-electron chi connectivity index (χ4n) is 3.23. The number of nitrogens with one attached hydrogen (secondary N) is 1. The standard InChI is InChI=1S/C14H17N3O2S/c15-8-11-4-1-2-6-14(11)20(18,19)17-7-3-5-12-9-16-10-13(12)17/h1-2,4,6,12-13,16H,3,5,7,9-10H2. The van der Waals surface area contributed by atoms with E-state index in [9.17, 15) is 8.42 Å². The van der Waals surface area contributed by atoms with Crippen molar-refractivity contribution in [3.63, 3.8) is 0 Å². The van der Waals surface area contributed by atoms with E-state index in [1.165, 1.54) is 6.07 Å². The molecule has 0 saturated carbocycles. The third kappa shape index (κ3) is 2.12. The third-order valence-corrected chi connectivity index (χ3v) is 6.20. The molecule has 6 heteroatoms. The predicted octanol–water partition coefficient (Wildman–Crippen LogP) is 0.931. The lowest BCUT2D eigenvalue weighted by Gasteiger charge is -2.36. The van der Waals surface area contributed by atoms with Crippen molar-refractivity contribution >= 4 is 10.0 Å². The van der Waals surface area contributed by atoms with E-state index in [1.54, 1.807) is 22.5 Å². The van der Waals surface area contributed by atoms with Gasteiger partial charge < -0.3 is 5.32 Å². The average molecular weight is 291 g/mol. The van der Waals surface area contributed by atoms with Crippen molar-refractivity contribution in [1.82, 2.24) is 9.62 Å². The molecule has 0 radical (unpaired) electrons. The second-order valence-electron chi connectivity index (χ2n) is 5.35. The van der Waals surface area contributed by atoms with Gasteiger partial charge in [0, 0.05) is 19.1 Å². The van der Waals surface area contributed by atoms with Gasteiger partial charge in [0.05, 0.1) is 10.5 Å². The highest BCUT2D eigenvalue weighted by Gasteiger charge is 2.41. The maximum Gasteiger partial charge on any atom is 0.244 e. The second kappa shape index (κ2) is 5.17.